The fourth-order valence-corrected chi connectivity index (χ4v) is 2.00. The quantitative estimate of drug-likeness (QED) is 0.774. The molecule has 0 radical (unpaired) electrons. The van der Waals surface area contributed by atoms with Gasteiger partial charge in [-0.2, -0.15) is 0 Å². The van der Waals surface area contributed by atoms with Crippen LogP contribution in [0.5, 0.6) is 0 Å². The van der Waals surface area contributed by atoms with E-state index in [1.54, 1.807) is 4.90 Å². The number of piperidine rings is 1. The maximum Gasteiger partial charge on any atom is 0.410 e. The maximum absolute atomic E-state index is 13.0. The van der Waals surface area contributed by atoms with Gasteiger partial charge in [-0.25, -0.2) is 18.0 Å². The minimum Gasteiger partial charge on any atom is -0.445 e. The summed E-state index contributed by atoms with van der Waals surface area (Å²) in [4.78, 5) is 13.2. The summed E-state index contributed by atoms with van der Waals surface area (Å²) in [5, 5.41) is 0. The number of rotatable bonds is 2. The van der Waals surface area contributed by atoms with Crippen LogP contribution in [-0.4, -0.2) is 24.1 Å². The zero-order chi connectivity index (χ0) is 13.8. The van der Waals surface area contributed by atoms with Crippen LogP contribution in [0.25, 0.3) is 0 Å². The number of nitrogens with zero attached hydrogens (tertiary/aromatic N) is 1. The van der Waals surface area contributed by atoms with Crippen LogP contribution in [0.15, 0.2) is 12.1 Å². The Morgan fingerprint density at radius 2 is 1.68 bits per heavy atom. The fourth-order valence-electron chi connectivity index (χ4n) is 2.00. The molecule has 0 N–H and O–H groups in total. The van der Waals surface area contributed by atoms with Crippen LogP contribution in [0.2, 0.25) is 0 Å². The van der Waals surface area contributed by atoms with Gasteiger partial charge in [0.1, 0.15) is 6.61 Å². The summed E-state index contributed by atoms with van der Waals surface area (Å²) in [7, 11) is 0. The van der Waals surface area contributed by atoms with E-state index in [4.69, 9.17) is 4.74 Å². The van der Waals surface area contributed by atoms with Gasteiger partial charge in [0, 0.05) is 13.1 Å². The molecule has 0 aliphatic carbocycles. The number of hydrogen-bond donors (Lipinski definition) is 0. The molecule has 0 saturated carbocycles. The van der Waals surface area contributed by atoms with Gasteiger partial charge in [-0.15, -0.1) is 0 Å². The number of benzene rings is 1. The van der Waals surface area contributed by atoms with Crippen LogP contribution in [-0.2, 0) is 11.3 Å². The SMILES string of the molecule is O=C(OCc1cc(F)c(F)c(F)c1)N1CCCCC1. The van der Waals surface area contributed by atoms with Crippen LogP contribution in [0, 0.1) is 17.5 Å². The van der Waals surface area contributed by atoms with Crippen molar-refractivity contribution in [2.24, 2.45) is 0 Å². The van der Waals surface area contributed by atoms with Gasteiger partial charge >= 0.3 is 6.09 Å². The molecule has 0 aromatic heterocycles. The Kier molecular flexibility index (Phi) is 4.29. The Morgan fingerprint density at radius 1 is 1.11 bits per heavy atom. The van der Waals surface area contributed by atoms with Crippen molar-refractivity contribution in [3.63, 3.8) is 0 Å². The highest BCUT2D eigenvalue weighted by molar-refractivity contribution is 5.67. The van der Waals surface area contributed by atoms with Crippen molar-refractivity contribution in [1.29, 1.82) is 0 Å². The predicted octanol–water partition coefficient (Wildman–Crippen LogP) is 3.23. The molecule has 104 valence electrons. The third kappa shape index (κ3) is 3.39. The lowest BCUT2D eigenvalue weighted by atomic mass is 10.1. The highest BCUT2D eigenvalue weighted by Crippen LogP contribution is 2.15. The summed E-state index contributed by atoms with van der Waals surface area (Å²) < 4.78 is 43.6. The van der Waals surface area contributed by atoms with E-state index >= 15 is 0 Å². The Balaban J connectivity index is 1.93. The molecule has 1 aromatic rings. The second-order valence-electron chi connectivity index (χ2n) is 4.48. The van der Waals surface area contributed by atoms with E-state index in [1.165, 1.54) is 0 Å². The second kappa shape index (κ2) is 5.95. The van der Waals surface area contributed by atoms with Gasteiger partial charge < -0.3 is 9.64 Å². The summed E-state index contributed by atoms with van der Waals surface area (Å²) in [6, 6.07) is 1.64. The van der Waals surface area contributed by atoms with E-state index in [0.717, 1.165) is 31.4 Å². The van der Waals surface area contributed by atoms with Crippen molar-refractivity contribution in [1.82, 2.24) is 4.90 Å². The number of carbonyl (C=O) groups excluding carboxylic acids is 1. The number of likely N-dealkylation sites (tertiary alicyclic amines) is 1. The van der Waals surface area contributed by atoms with Crippen molar-refractivity contribution >= 4 is 6.09 Å². The van der Waals surface area contributed by atoms with Gasteiger partial charge in [0.25, 0.3) is 0 Å². The van der Waals surface area contributed by atoms with Crippen molar-refractivity contribution in [3.05, 3.63) is 35.1 Å². The lowest BCUT2D eigenvalue weighted by molar-refractivity contribution is 0.0892. The molecule has 0 spiro atoms. The van der Waals surface area contributed by atoms with E-state index in [9.17, 15) is 18.0 Å². The molecule has 1 saturated heterocycles. The lowest BCUT2D eigenvalue weighted by Gasteiger charge is -2.25. The van der Waals surface area contributed by atoms with Gasteiger partial charge in [0.05, 0.1) is 0 Å². The lowest BCUT2D eigenvalue weighted by Crippen LogP contribution is -2.35. The normalized spacial score (nSPS) is 15.4. The molecule has 2 rings (SSSR count). The number of halogens is 3. The largest absolute Gasteiger partial charge is 0.445 e. The van der Waals surface area contributed by atoms with Gasteiger partial charge in [0.2, 0.25) is 0 Å². The van der Waals surface area contributed by atoms with Gasteiger partial charge in [-0.1, -0.05) is 0 Å². The molecule has 1 heterocycles. The highest BCUT2D eigenvalue weighted by atomic mass is 19.2. The van der Waals surface area contributed by atoms with E-state index in [1.807, 2.05) is 0 Å². The van der Waals surface area contributed by atoms with Gasteiger partial charge in [0.15, 0.2) is 17.5 Å². The van der Waals surface area contributed by atoms with E-state index in [0.29, 0.717) is 13.1 Å². The summed E-state index contributed by atoms with van der Waals surface area (Å²) >= 11 is 0. The Labute approximate surface area is 109 Å². The molecule has 0 unspecified atom stereocenters. The van der Waals surface area contributed by atoms with Crippen LogP contribution < -0.4 is 0 Å². The molecule has 19 heavy (non-hydrogen) atoms. The number of ether oxygens (including phenoxy) is 1. The van der Waals surface area contributed by atoms with Gasteiger partial charge in [-0.05, 0) is 37.0 Å². The molecule has 0 bridgehead atoms. The molecular weight excluding hydrogens is 259 g/mol. The van der Waals surface area contributed by atoms with Crippen molar-refractivity contribution in [2.75, 3.05) is 13.1 Å². The minimum atomic E-state index is -1.52. The van der Waals surface area contributed by atoms with Crippen molar-refractivity contribution < 1.29 is 22.7 Å². The summed E-state index contributed by atoms with van der Waals surface area (Å²) in [6.45, 7) is 0.986. The number of hydrogen-bond acceptors (Lipinski definition) is 2. The molecule has 0 atom stereocenters. The monoisotopic (exact) mass is 273 g/mol. The highest BCUT2D eigenvalue weighted by Gasteiger charge is 2.18. The second-order valence-corrected chi connectivity index (χ2v) is 4.48. The first-order valence-electron chi connectivity index (χ1n) is 6.13. The van der Waals surface area contributed by atoms with E-state index in [-0.39, 0.29) is 12.2 Å². The summed E-state index contributed by atoms with van der Waals surface area (Å²) in [6.07, 6.45) is 2.42. The Hall–Kier alpha value is -1.72. The Morgan fingerprint density at radius 3 is 2.26 bits per heavy atom. The summed E-state index contributed by atoms with van der Waals surface area (Å²) in [5.41, 5.74) is 0.0850. The average molecular weight is 273 g/mol. The molecule has 1 aliphatic heterocycles. The molecule has 6 heteroatoms. The fraction of sp³-hybridized carbons (Fsp3) is 0.462. The first kappa shape index (κ1) is 13.7. The maximum atomic E-state index is 13.0. The predicted molar refractivity (Wildman–Crippen MR) is 61.9 cm³/mol. The number of carbonyl (C=O) groups is 1. The molecular formula is C13H14F3NO2. The first-order valence-corrected chi connectivity index (χ1v) is 6.13. The minimum absolute atomic E-state index is 0.0850. The number of amides is 1. The third-order valence-electron chi connectivity index (χ3n) is 3.02. The third-order valence-corrected chi connectivity index (χ3v) is 3.02. The van der Waals surface area contributed by atoms with Crippen molar-refractivity contribution in [3.8, 4) is 0 Å². The standard InChI is InChI=1S/C13H14F3NO2/c14-10-6-9(7-11(15)12(10)16)8-19-13(18)17-4-2-1-3-5-17/h6-7H,1-5,8H2. The van der Waals surface area contributed by atoms with E-state index < -0.39 is 23.5 Å². The zero-order valence-electron chi connectivity index (χ0n) is 10.3. The van der Waals surface area contributed by atoms with E-state index in [2.05, 4.69) is 0 Å². The van der Waals surface area contributed by atoms with Crippen LogP contribution in [0.1, 0.15) is 24.8 Å². The first-order chi connectivity index (χ1) is 9.08. The molecule has 3 nitrogen and oxygen atoms in total. The molecule has 1 amide bonds. The van der Waals surface area contributed by atoms with Crippen LogP contribution >= 0.6 is 0 Å². The van der Waals surface area contributed by atoms with Crippen molar-refractivity contribution in [2.45, 2.75) is 25.9 Å². The zero-order valence-corrected chi connectivity index (χ0v) is 10.3. The molecule has 1 aliphatic rings. The van der Waals surface area contributed by atoms with Crippen LogP contribution in [0.3, 0.4) is 0 Å². The van der Waals surface area contributed by atoms with Gasteiger partial charge in [-0.3, -0.25) is 0 Å². The molecule has 1 fully saturated rings. The Bertz CT molecular complexity index is 450. The topological polar surface area (TPSA) is 29.5 Å². The molecule has 1 aromatic carbocycles. The van der Waals surface area contributed by atoms with Crippen LogP contribution in [0.4, 0.5) is 18.0 Å². The smallest absolute Gasteiger partial charge is 0.410 e. The summed E-state index contributed by atoms with van der Waals surface area (Å²) in [5.74, 6) is -4.10. The average Bonchev–Trinajstić information content (AvgIpc) is 2.43.